The van der Waals surface area contributed by atoms with Gasteiger partial charge >= 0.3 is 11.7 Å². The van der Waals surface area contributed by atoms with Crippen LogP contribution in [0.5, 0.6) is 0 Å². The summed E-state index contributed by atoms with van der Waals surface area (Å²) in [7, 11) is 0. The van der Waals surface area contributed by atoms with Gasteiger partial charge in [-0.05, 0) is 24.6 Å². The first-order valence-corrected chi connectivity index (χ1v) is 7.81. The monoisotopic (exact) mass is 365 g/mol. The number of carbonyl (C=O) groups excluding carboxylic acids is 2. The molecule has 0 saturated carbocycles. The highest BCUT2D eigenvalue weighted by atomic mass is 35.5. The Morgan fingerprint density at radius 1 is 1.32 bits per heavy atom. The summed E-state index contributed by atoms with van der Waals surface area (Å²) in [6.07, 6.45) is 0.577. The summed E-state index contributed by atoms with van der Waals surface area (Å²) in [5.74, 6) is -1.83. The summed E-state index contributed by atoms with van der Waals surface area (Å²) in [4.78, 5) is 49.8. The van der Waals surface area contributed by atoms with Crippen molar-refractivity contribution in [3.8, 4) is 0 Å². The molecule has 0 radical (unpaired) electrons. The molecule has 0 bridgehead atoms. The molecule has 1 aromatic carbocycles. The summed E-state index contributed by atoms with van der Waals surface area (Å²) in [5.41, 5.74) is 3.91. The number of nitrogens with two attached hydrogens (primary N) is 1. The second kappa shape index (κ2) is 7.80. The first-order valence-electron chi connectivity index (χ1n) is 7.43. The number of carbonyl (C=O) groups is 2. The van der Waals surface area contributed by atoms with E-state index in [4.69, 9.17) is 22.1 Å². The predicted octanol–water partition coefficient (Wildman–Crippen LogP) is 1.22. The standard InChI is InChI=1S/C16H16ClN3O5/c1-2-6-20-13(18)12(14(22)19-16(20)24)11(21)8-25-15(23)9-4-3-5-10(17)7-9/h3-5,7H,2,6,8,18H2,1H3,(H,19,22,24). The summed E-state index contributed by atoms with van der Waals surface area (Å²) in [6.45, 7) is 1.36. The molecule has 25 heavy (non-hydrogen) atoms. The zero-order valence-corrected chi connectivity index (χ0v) is 14.1. The second-order valence-electron chi connectivity index (χ2n) is 5.18. The number of nitrogens with zero attached hydrogens (tertiary/aromatic N) is 1. The molecule has 0 fully saturated rings. The Bertz CT molecular complexity index is 932. The van der Waals surface area contributed by atoms with E-state index in [9.17, 15) is 19.2 Å². The molecule has 9 heteroatoms. The fraction of sp³-hybridized carbons (Fsp3) is 0.250. The number of rotatable bonds is 6. The van der Waals surface area contributed by atoms with Gasteiger partial charge in [0.15, 0.2) is 6.61 Å². The van der Waals surface area contributed by atoms with E-state index in [0.29, 0.717) is 11.4 Å². The number of aromatic amines is 1. The van der Waals surface area contributed by atoms with Gasteiger partial charge in [0.1, 0.15) is 11.4 Å². The van der Waals surface area contributed by atoms with Gasteiger partial charge in [0.25, 0.3) is 5.56 Å². The van der Waals surface area contributed by atoms with Gasteiger partial charge in [-0.2, -0.15) is 0 Å². The molecule has 132 valence electrons. The highest BCUT2D eigenvalue weighted by molar-refractivity contribution is 6.30. The Hall–Kier alpha value is -2.87. The first-order chi connectivity index (χ1) is 11.8. The molecule has 0 amide bonds. The van der Waals surface area contributed by atoms with E-state index >= 15 is 0 Å². The zero-order chi connectivity index (χ0) is 18.6. The average molecular weight is 366 g/mol. The minimum absolute atomic E-state index is 0.165. The van der Waals surface area contributed by atoms with Gasteiger partial charge < -0.3 is 10.5 Å². The van der Waals surface area contributed by atoms with E-state index < -0.39 is 35.2 Å². The molecule has 3 N–H and O–H groups in total. The number of aromatic nitrogens is 2. The Morgan fingerprint density at radius 2 is 2.04 bits per heavy atom. The van der Waals surface area contributed by atoms with E-state index in [0.717, 1.165) is 4.57 Å². The smallest absolute Gasteiger partial charge is 0.338 e. The number of esters is 1. The molecule has 1 heterocycles. The largest absolute Gasteiger partial charge is 0.454 e. The summed E-state index contributed by atoms with van der Waals surface area (Å²) >= 11 is 5.78. The van der Waals surface area contributed by atoms with Crippen molar-refractivity contribution in [2.75, 3.05) is 12.3 Å². The van der Waals surface area contributed by atoms with E-state index in [1.54, 1.807) is 12.1 Å². The van der Waals surface area contributed by atoms with Gasteiger partial charge in [0.05, 0.1) is 5.56 Å². The summed E-state index contributed by atoms with van der Waals surface area (Å²) < 4.78 is 5.99. The Balaban J connectivity index is 2.21. The number of nitrogen functional groups attached to an aromatic ring is 1. The van der Waals surface area contributed by atoms with E-state index in [1.165, 1.54) is 12.1 Å². The molecule has 0 unspecified atom stereocenters. The third-order valence-corrected chi connectivity index (χ3v) is 3.60. The van der Waals surface area contributed by atoms with Crippen molar-refractivity contribution in [1.29, 1.82) is 0 Å². The fourth-order valence-electron chi connectivity index (χ4n) is 2.20. The fourth-order valence-corrected chi connectivity index (χ4v) is 2.40. The molecule has 2 aromatic rings. The van der Waals surface area contributed by atoms with Crippen LogP contribution in [0, 0.1) is 0 Å². The number of H-pyrrole nitrogens is 1. The SMILES string of the molecule is CCCn1c(N)c(C(=O)COC(=O)c2cccc(Cl)c2)c(=O)[nH]c1=O. The maximum absolute atomic E-state index is 12.2. The molecule has 0 aliphatic rings. The molecule has 0 aliphatic heterocycles. The van der Waals surface area contributed by atoms with E-state index in [1.807, 2.05) is 11.9 Å². The topological polar surface area (TPSA) is 124 Å². The Labute approximate surface area is 147 Å². The van der Waals surface area contributed by atoms with Gasteiger partial charge in [-0.3, -0.25) is 19.1 Å². The highest BCUT2D eigenvalue weighted by Crippen LogP contribution is 2.12. The van der Waals surface area contributed by atoms with Crippen LogP contribution < -0.4 is 17.0 Å². The number of nitrogens with one attached hydrogen (secondary N) is 1. The van der Waals surface area contributed by atoms with E-state index in [2.05, 4.69) is 0 Å². The van der Waals surface area contributed by atoms with Crippen molar-refractivity contribution in [3.05, 3.63) is 61.3 Å². The van der Waals surface area contributed by atoms with Gasteiger partial charge in [-0.15, -0.1) is 0 Å². The van der Waals surface area contributed by atoms with Gasteiger partial charge in [0, 0.05) is 11.6 Å². The third kappa shape index (κ3) is 4.16. The number of hydrogen-bond acceptors (Lipinski definition) is 6. The zero-order valence-electron chi connectivity index (χ0n) is 13.4. The quantitative estimate of drug-likeness (QED) is 0.585. The molecule has 1 aromatic heterocycles. The van der Waals surface area contributed by atoms with Crippen LogP contribution in [0.1, 0.15) is 34.1 Å². The van der Waals surface area contributed by atoms with Crippen LogP contribution in [-0.2, 0) is 11.3 Å². The number of hydrogen-bond donors (Lipinski definition) is 2. The molecular weight excluding hydrogens is 350 g/mol. The second-order valence-corrected chi connectivity index (χ2v) is 5.62. The van der Waals surface area contributed by atoms with Crippen molar-refractivity contribution in [1.82, 2.24) is 9.55 Å². The lowest BCUT2D eigenvalue weighted by Gasteiger charge is -2.11. The maximum Gasteiger partial charge on any atom is 0.338 e. The van der Waals surface area contributed by atoms with E-state index in [-0.39, 0.29) is 17.9 Å². The van der Waals surface area contributed by atoms with Crippen LogP contribution in [0.2, 0.25) is 5.02 Å². The molecule has 0 atom stereocenters. The lowest BCUT2D eigenvalue weighted by Crippen LogP contribution is -2.37. The molecule has 0 saturated heterocycles. The minimum atomic E-state index is -0.918. The normalized spacial score (nSPS) is 10.5. The lowest BCUT2D eigenvalue weighted by molar-refractivity contribution is 0.0474. The number of ether oxygens (including phenoxy) is 1. The van der Waals surface area contributed by atoms with Crippen molar-refractivity contribution in [2.24, 2.45) is 0 Å². The van der Waals surface area contributed by atoms with Crippen LogP contribution >= 0.6 is 11.6 Å². The number of halogens is 1. The van der Waals surface area contributed by atoms with Crippen LogP contribution in [-0.4, -0.2) is 27.9 Å². The van der Waals surface area contributed by atoms with Crippen LogP contribution in [0.3, 0.4) is 0 Å². The van der Waals surface area contributed by atoms with Gasteiger partial charge in [0.2, 0.25) is 5.78 Å². The minimum Gasteiger partial charge on any atom is -0.454 e. The number of anilines is 1. The molecular formula is C16H16ClN3O5. The maximum atomic E-state index is 12.2. The molecule has 0 aliphatic carbocycles. The third-order valence-electron chi connectivity index (χ3n) is 3.36. The Morgan fingerprint density at radius 3 is 2.68 bits per heavy atom. The average Bonchev–Trinajstić information content (AvgIpc) is 2.56. The van der Waals surface area contributed by atoms with Crippen LogP contribution in [0.15, 0.2) is 33.9 Å². The first kappa shape index (κ1) is 18.5. The summed E-state index contributed by atoms with van der Waals surface area (Å²) in [5, 5.41) is 0.341. The molecule has 8 nitrogen and oxygen atoms in total. The van der Waals surface area contributed by atoms with Crippen molar-refractivity contribution < 1.29 is 14.3 Å². The van der Waals surface area contributed by atoms with Crippen LogP contribution in [0.4, 0.5) is 5.82 Å². The van der Waals surface area contributed by atoms with Gasteiger partial charge in [-0.1, -0.05) is 24.6 Å². The van der Waals surface area contributed by atoms with Crippen molar-refractivity contribution in [3.63, 3.8) is 0 Å². The summed E-state index contributed by atoms with van der Waals surface area (Å²) in [6, 6.07) is 6.00. The number of benzene rings is 1. The number of ketones is 1. The van der Waals surface area contributed by atoms with Crippen molar-refractivity contribution >= 4 is 29.2 Å². The van der Waals surface area contributed by atoms with Gasteiger partial charge in [-0.25, -0.2) is 9.59 Å². The lowest BCUT2D eigenvalue weighted by atomic mass is 10.2. The van der Waals surface area contributed by atoms with Crippen LogP contribution in [0.25, 0.3) is 0 Å². The predicted molar refractivity (Wildman–Crippen MR) is 92.1 cm³/mol. The molecule has 0 spiro atoms. The Kier molecular flexibility index (Phi) is 5.76. The molecule has 2 rings (SSSR count). The van der Waals surface area contributed by atoms with Crippen molar-refractivity contribution in [2.45, 2.75) is 19.9 Å². The highest BCUT2D eigenvalue weighted by Gasteiger charge is 2.20. The number of Topliss-reactive ketones (excluding diaryl/α,β-unsaturated/α-hetero) is 1.